The molecule has 3 N–H and O–H groups in total. The van der Waals surface area contributed by atoms with Crippen LogP contribution < -0.4 is 11.1 Å². The molecule has 0 saturated heterocycles. The summed E-state index contributed by atoms with van der Waals surface area (Å²) >= 11 is 0. The van der Waals surface area contributed by atoms with E-state index in [1.54, 1.807) is 0 Å². The Balaban J connectivity index is 1.29. The van der Waals surface area contributed by atoms with Gasteiger partial charge in [0, 0.05) is 18.2 Å². The van der Waals surface area contributed by atoms with Crippen LogP contribution in [0.15, 0.2) is 24.3 Å². The smallest absolute Gasteiger partial charge is 0.220 e. The number of carbonyl (C=O) groups excluding carboxylic acids is 1. The van der Waals surface area contributed by atoms with Gasteiger partial charge in [0.25, 0.3) is 0 Å². The first-order valence-corrected chi connectivity index (χ1v) is 7.87. The van der Waals surface area contributed by atoms with Crippen molar-refractivity contribution in [3.63, 3.8) is 0 Å². The molecule has 0 spiro atoms. The predicted octanol–water partition coefficient (Wildman–Crippen LogP) is 2.36. The van der Waals surface area contributed by atoms with Crippen molar-refractivity contribution in [2.75, 3.05) is 5.73 Å². The first-order chi connectivity index (χ1) is 9.74. The third-order valence-corrected chi connectivity index (χ3v) is 5.74. The summed E-state index contributed by atoms with van der Waals surface area (Å²) in [6, 6.07) is 8.32. The minimum atomic E-state index is 0.201. The van der Waals surface area contributed by atoms with Crippen LogP contribution in [0.25, 0.3) is 0 Å². The number of nitrogen functional groups attached to an aromatic ring is 1. The van der Waals surface area contributed by atoms with Crippen LogP contribution in [0.4, 0.5) is 5.69 Å². The van der Waals surface area contributed by atoms with Crippen molar-refractivity contribution in [2.24, 2.45) is 23.7 Å². The van der Waals surface area contributed by atoms with Crippen LogP contribution in [0.2, 0.25) is 0 Å². The van der Waals surface area contributed by atoms with Crippen LogP contribution in [0.1, 0.15) is 31.2 Å². The molecule has 1 aromatic carbocycles. The summed E-state index contributed by atoms with van der Waals surface area (Å²) in [5, 5.41) is 3.27. The summed E-state index contributed by atoms with van der Waals surface area (Å²) in [5.41, 5.74) is 7.78. The molecule has 2 bridgehead atoms. The molecule has 4 atom stereocenters. The van der Waals surface area contributed by atoms with E-state index >= 15 is 0 Å². The van der Waals surface area contributed by atoms with Gasteiger partial charge in [0.15, 0.2) is 0 Å². The van der Waals surface area contributed by atoms with Crippen molar-refractivity contribution in [1.29, 1.82) is 0 Å². The van der Waals surface area contributed by atoms with Crippen LogP contribution in [0.5, 0.6) is 0 Å². The highest BCUT2D eigenvalue weighted by Gasteiger charge is 2.65. The molecular weight excluding hydrogens is 248 g/mol. The van der Waals surface area contributed by atoms with Gasteiger partial charge in [-0.05, 0) is 61.0 Å². The second-order valence-electron chi connectivity index (χ2n) is 6.78. The van der Waals surface area contributed by atoms with Crippen LogP contribution in [-0.2, 0) is 11.2 Å². The molecule has 3 heteroatoms. The van der Waals surface area contributed by atoms with E-state index in [9.17, 15) is 4.79 Å². The lowest BCUT2D eigenvalue weighted by Crippen LogP contribution is -2.30. The van der Waals surface area contributed by atoms with Gasteiger partial charge in [-0.3, -0.25) is 4.79 Å². The average molecular weight is 270 g/mol. The number of hydrogen-bond donors (Lipinski definition) is 2. The Morgan fingerprint density at radius 3 is 2.60 bits per heavy atom. The van der Waals surface area contributed by atoms with Gasteiger partial charge in [0.2, 0.25) is 5.91 Å². The maximum atomic E-state index is 12.1. The first kappa shape index (κ1) is 12.2. The fraction of sp³-hybridized carbons (Fsp3) is 0.588. The van der Waals surface area contributed by atoms with Gasteiger partial charge in [-0.1, -0.05) is 18.2 Å². The van der Waals surface area contributed by atoms with Gasteiger partial charge in [-0.2, -0.15) is 0 Å². The van der Waals surface area contributed by atoms with Gasteiger partial charge in [-0.15, -0.1) is 0 Å². The Labute approximate surface area is 119 Å². The number of anilines is 1. The first-order valence-electron chi connectivity index (χ1n) is 7.87. The number of nitrogens with two attached hydrogens (primary N) is 1. The number of benzene rings is 1. The second-order valence-corrected chi connectivity index (χ2v) is 6.78. The minimum absolute atomic E-state index is 0.201. The van der Waals surface area contributed by atoms with E-state index < -0.39 is 0 Å². The van der Waals surface area contributed by atoms with Gasteiger partial charge < -0.3 is 11.1 Å². The lowest BCUT2D eigenvalue weighted by atomic mass is 10.0. The predicted molar refractivity (Wildman–Crippen MR) is 78.9 cm³/mol. The highest BCUT2D eigenvalue weighted by molar-refractivity contribution is 5.77. The molecule has 20 heavy (non-hydrogen) atoms. The van der Waals surface area contributed by atoms with Gasteiger partial charge in [-0.25, -0.2) is 0 Å². The maximum Gasteiger partial charge on any atom is 0.220 e. The lowest BCUT2D eigenvalue weighted by Gasteiger charge is -2.11. The zero-order valence-electron chi connectivity index (χ0n) is 11.7. The fourth-order valence-electron chi connectivity index (χ4n) is 4.79. The lowest BCUT2D eigenvalue weighted by molar-refractivity contribution is -0.121. The topological polar surface area (TPSA) is 55.1 Å². The van der Waals surface area contributed by atoms with Crippen molar-refractivity contribution in [2.45, 2.75) is 38.1 Å². The molecule has 1 amide bonds. The molecule has 3 fully saturated rings. The average Bonchev–Trinajstić information content (AvgIpc) is 2.84. The molecule has 4 rings (SSSR count). The van der Waals surface area contributed by atoms with Crippen LogP contribution in [0, 0.1) is 23.7 Å². The molecule has 0 aromatic heterocycles. The Morgan fingerprint density at radius 2 is 1.90 bits per heavy atom. The monoisotopic (exact) mass is 270 g/mol. The number of amides is 1. The van der Waals surface area contributed by atoms with Crippen LogP contribution >= 0.6 is 0 Å². The van der Waals surface area contributed by atoms with E-state index in [1.165, 1.54) is 19.3 Å². The zero-order chi connectivity index (χ0) is 13.7. The minimum Gasteiger partial charge on any atom is -0.399 e. The molecule has 0 aliphatic heterocycles. The number of aryl methyl sites for hydroxylation is 1. The van der Waals surface area contributed by atoms with Crippen molar-refractivity contribution in [3.05, 3.63) is 29.8 Å². The quantitative estimate of drug-likeness (QED) is 0.825. The molecule has 106 valence electrons. The number of hydrogen-bond acceptors (Lipinski definition) is 2. The number of nitrogens with one attached hydrogen (secondary N) is 1. The number of fused-ring (bicyclic) bond motifs is 5. The second kappa shape index (κ2) is 4.51. The van der Waals surface area contributed by atoms with Gasteiger partial charge in [0.05, 0.1) is 0 Å². The summed E-state index contributed by atoms with van der Waals surface area (Å²) in [6.45, 7) is 0. The molecule has 3 nitrogen and oxygen atoms in total. The number of carbonyl (C=O) groups is 1. The van der Waals surface area contributed by atoms with E-state index in [0.29, 0.717) is 12.5 Å². The van der Waals surface area contributed by atoms with Crippen molar-refractivity contribution in [1.82, 2.24) is 5.32 Å². The van der Waals surface area contributed by atoms with Crippen molar-refractivity contribution >= 4 is 11.6 Å². The number of rotatable bonds is 4. The van der Waals surface area contributed by atoms with Crippen molar-refractivity contribution in [3.8, 4) is 0 Å². The fourth-order valence-corrected chi connectivity index (χ4v) is 4.79. The molecule has 3 saturated carbocycles. The van der Waals surface area contributed by atoms with Gasteiger partial charge >= 0.3 is 0 Å². The largest absolute Gasteiger partial charge is 0.399 e. The summed E-state index contributed by atoms with van der Waals surface area (Å²) in [7, 11) is 0. The van der Waals surface area contributed by atoms with Crippen LogP contribution in [-0.4, -0.2) is 11.9 Å². The molecule has 3 aliphatic carbocycles. The molecular formula is C17H22N2O. The molecule has 1 aromatic rings. The summed E-state index contributed by atoms with van der Waals surface area (Å²) < 4.78 is 0. The standard InChI is InChI=1S/C17H22N2O/c18-13-4-2-1-3-10(13)7-8-14(20)19-17-15-11-5-6-12(9-11)16(15)17/h1-4,11-12,15-17H,5-9,18H2,(H,19,20). The van der Waals surface area contributed by atoms with Crippen molar-refractivity contribution < 1.29 is 4.79 Å². The van der Waals surface area contributed by atoms with E-state index in [-0.39, 0.29) is 5.91 Å². The SMILES string of the molecule is Nc1ccccc1CCC(=O)NC1C2C3CCC(C3)C12. The highest BCUT2D eigenvalue weighted by atomic mass is 16.1. The van der Waals surface area contributed by atoms with Gasteiger partial charge in [0.1, 0.15) is 0 Å². The summed E-state index contributed by atoms with van der Waals surface area (Å²) in [4.78, 5) is 12.1. The normalized spacial score (nSPS) is 36.7. The maximum absolute atomic E-state index is 12.1. The zero-order valence-corrected chi connectivity index (χ0v) is 11.7. The Bertz CT molecular complexity index is 526. The van der Waals surface area contributed by atoms with Crippen LogP contribution in [0.3, 0.4) is 0 Å². The van der Waals surface area contributed by atoms with E-state index in [0.717, 1.165) is 41.3 Å². The van der Waals surface area contributed by atoms with E-state index in [4.69, 9.17) is 5.73 Å². The number of para-hydroxylation sites is 1. The molecule has 0 heterocycles. The van der Waals surface area contributed by atoms with E-state index in [1.807, 2.05) is 24.3 Å². The van der Waals surface area contributed by atoms with E-state index in [2.05, 4.69) is 5.32 Å². The third kappa shape index (κ3) is 1.91. The Hall–Kier alpha value is -1.51. The summed E-state index contributed by atoms with van der Waals surface area (Å²) in [5.74, 6) is 3.67. The Morgan fingerprint density at radius 1 is 1.20 bits per heavy atom. The molecule has 3 aliphatic rings. The third-order valence-electron chi connectivity index (χ3n) is 5.74. The Kier molecular flexibility index (Phi) is 2.76. The summed E-state index contributed by atoms with van der Waals surface area (Å²) in [6.07, 6.45) is 5.53. The highest BCUT2D eigenvalue weighted by Crippen LogP contribution is 2.65. The molecule has 0 radical (unpaired) electrons. The molecule has 4 unspecified atom stereocenters.